The van der Waals surface area contributed by atoms with Crippen molar-refractivity contribution in [3.63, 3.8) is 0 Å². The van der Waals surface area contributed by atoms with E-state index in [1.807, 2.05) is 12.1 Å². The number of nitrogens with zero attached hydrogens (tertiary/aromatic N) is 2. The van der Waals surface area contributed by atoms with Crippen molar-refractivity contribution in [3.8, 4) is 17.3 Å². The molecule has 0 saturated carbocycles. The van der Waals surface area contributed by atoms with Crippen molar-refractivity contribution in [3.05, 3.63) is 64.6 Å². The van der Waals surface area contributed by atoms with Gasteiger partial charge in [-0.1, -0.05) is 12.1 Å². The molecule has 19 heavy (non-hydrogen) atoms. The lowest BCUT2D eigenvalue weighted by molar-refractivity contribution is 1.27. The van der Waals surface area contributed by atoms with Crippen molar-refractivity contribution in [2.45, 2.75) is 0 Å². The van der Waals surface area contributed by atoms with E-state index in [1.54, 1.807) is 30.5 Å². The summed E-state index contributed by atoms with van der Waals surface area (Å²) in [6, 6.07) is 14.3. The highest BCUT2D eigenvalue weighted by atomic mass is 16.1. The van der Waals surface area contributed by atoms with E-state index < -0.39 is 0 Å². The smallest absolute Gasteiger partial charge is 0.248 e. The third kappa shape index (κ3) is 1.98. The molecular formula is C15H9N3O. The molecule has 3 rings (SSSR count). The maximum Gasteiger partial charge on any atom is 0.248 e. The van der Waals surface area contributed by atoms with Gasteiger partial charge in [-0.05, 0) is 24.3 Å². The number of aromatic nitrogens is 2. The highest BCUT2D eigenvalue weighted by Crippen LogP contribution is 2.24. The van der Waals surface area contributed by atoms with Gasteiger partial charge in [0.15, 0.2) is 0 Å². The molecule has 0 amide bonds. The van der Waals surface area contributed by atoms with Crippen LogP contribution in [0.4, 0.5) is 0 Å². The SMILES string of the molecule is N#Cc1ccc(-c2nccc3[nH]c(=O)ccc23)cc1. The van der Waals surface area contributed by atoms with Gasteiger partial charge in [-0.25, -0.2) is 0 Å². The molecule has 1 N–H and O–H groups in total. The Labute approximate surface area is 109 Å². The average Bonchev–Trinajstić information content (AvgIpc) is 2.46. The molecule has 1 aromatic carbocycles. The van der Waals surface area contributed by atoms with E-state index in [9.17, 15) is 4.79 Å². The van der Waals surface area contributed by atoms with Gasteiger partial charge in [0.1, 0.15) is 0 Å². The van der Waals surface area contributed by atoms with Crippen molar-refractivity contribution >= 4 is 10.9 Å². The monoisotopic (exact) mass is 247 g/mol. The molecule has 0 aliphatic carbocycles. The minimum atomic E-state index is -0.135. The maximum absolute atomic E-state index is 11.3. The van der Waals surface area contributed by atoms with E-state index >= 15 is 0 Å². The van der Waals surface area contributed by atoms with E-state index in [0.29, 0.717) is 5.56 Å². The summed E-state index contributed by atoms with van der Waals surface area (Å²) in [6.45, 7) is 0. The molecule has 0 atom stereocenters. The van der Waals surface area contributed by atoms with Gasteiger partial charge in [0.05, 0.1) is 22.8 Å². The minimum absolute atomic E-state index is 0.135. The van der Waals surface area contributed by atoms with Crippen LogP contribution in [0.2, 0.25) is 0 Å². The fraction of sp³-hybridized carbons (Fsp3) is 0. The molecule has 0 aliphatic heterocycles. The quantitative estimate of drug-likeness (QED) is 0.718. The zero-order valence-corrected chi connectivity index (χ0v) is 9.92. The summed E-state index contributed by atoms with van der Waals surface area (Å²) in [5.41, 5.74) is 2.93. The van der Waals surface area contributed by atoms with Gasteiger partial charge in [0.2, 0.25) is 5.56 Å². The van der Waals surface area contributed by atoms with Crippen LogP contribution in [0.15, 0.2) is 53.5 Å². The number of pyridine rings is 2. The third-order valence-electron chi connectivity index (χ3n) is 2.94. The Balaban J connectivity index is 2.24. The minimum Gasteiger partial charge on any atom is -0.322 e. The Morgan fingerprint density at radius 1 is 1.05 bits per heavy atom. The highest BCUT2D eigenvalue weighted by Gasteiger charge is 2.05. The molecule has 0 unspecified atom stereocenters. The summed E-state index contributed by atoms with van der Waals surface area (Å²) < 4.78 is 0. The Hall–Kier alpha value is -2.93. The standard InChI is InChI=1S/C15H9N3O/c16-9-10-1-3-11(4-2-10)15-12-5-6-14(19)18-13(12)7-8-17-15/h1-8H,(H,18,19). The van der Waals surface area contributed by atoms with E-state index in [2.05, 4.69) is 16.0 Å². The first-order valence-corrected chi connectivity index (χ1v) is 5.76. The lowest BCUT2D eigenvalue weighted by atomic mass is 10.1. The number of hydrogen-bond donors (Lipinski definition) is 1. The van der Waals surface area contributed by atoms with Crippen molar-refractivity contribution in [2.75, 3.05) is 0 Å². The fourth-order valence-corrected chi connectivity index (χ4v) is 2.02. The van der Waals surface area contributed by atoms with Gasteiger partial charge in [-0.2, -0.15) is 5.26 Å². The first kappa shape index (κ1) is 11.2. The van der Waals surface area contributed by atoms with Crippen molar-refractivity contribution in [1.29, 1.82) is 5.26 Å². The van der Waals surface area contributed by atoms with Crippen LogP contribution in [0, 0.1) is 11.3 Å². The first-order chi connectivity index (χ1) is 9.28. The largest absolute Gasteiger partial charge is 0.322 e. The lowest BCUT2D eigenvalue weighted by Crippen LogP contribution is -2.03. The van der Waals surface area contributed by atoms with Crippen LogP contribution < -0.4 is 5.56 Å². The molecule has 0 fully saturated rings. The maximum atomic E-state index is 11.3. The van der Waals surface area contributed by atoms with Gasteiger partial charge in [-0.3, -0.25) is 9.78 Å². The van der Waals surface area contributed by atoms with E-state index in [0.717, 1.165) is 22.2 Å². The molecule has 4 nitrogen and oxygen atoms in total. The summed E-state index contributed by atoms with van der Waals surface area (Å²) in [5.74, 6) is 0. The van der Waals surface area contributed by atoms with E-state index in [4.69, 9.17) is 5.26 Å². The van der Waals surface area contributed by atoms with Crippen molar-refractivity contribution in [2.24, 2.45) is 0 Å². The number of hydrogen-bond acceptors (Lipinski definition) is 3. The number of H-pyrrole nitrogens is 1. The molecule has 0 aliphatic rings. The highest BCUT2D eigenvalue weighted by molar-refractivity contribution is 5.91. The molecule has 4 heteroatoms. The molecule has 3 aromatic rings. The molecule has 0 bridgehead atoms. The molecular weight excluding hydrogens is 238 g/mol. The number of nitriles is 1. The van der Waals surface area contributed by atoms with Gasteiger partial charge in [0, 0.05) is 23.2 Å². The molecule has 0 spiro atoms. The van der Waals surface area contributed by atoms with E-state index in [1.165, 1.54) is 6.07 Å². The summed E-state index contributed by atoms with van der Waals surface area (Å²) in [5, 5.41) is 9.68. The predicted molar refractivity (Wildman–Crippen MR) is 72.5 cm³/mol. The number of rotatable bonds is 1. The van der Waals surface area contributed by atoms with Gasteiger partial charge >= 0.3 is 0 Å². The first-order valence-electron chi connectivity index (χ1n) is 5.76. The summed E-state index contributed by atoms with van der Waals surface area (Å²) in [6.07, 6.45) is 1.66. The van der Waals surface area contributed by atoms with Crippen LogP contribution in [0.1, 0.15) is 5.56 Å². The van der Waals surface area contributed by atoms with Crippen LogP contribution in [-0.2, 0) is 0 Å². The Bertz CT molecular complexity index is 842. The van der Waals surface area contributed by atoms with Crippen LogP contribution in [0.3, 0.4) is 0 Å². The predicted octanol–water partition coefficient (Wildman–Crippen LogP) is 2.46. The van der Waals surface area contributed by atoms with Gasteiger partial charge in [-0.15, -0.1) is 0 Å². The van der Waals surface area contributed by atoms with E-state index in [-0.39, 0.29) is 5.56 Å². The van der Waals surface area contributed by atoms with Crippen LogP contribution in [0.25, 0.3) is 22.2 Å². The second-order valence-corrected chi connectivity index (χ2v) is 4.13. The fourth-order valence-electron chi connectivity index (χ4n) is 2.02. The molecule has 2 aromatic heterocycles. The second kappa shape index (κ2) is 4.39. The van der Waals surface area contributed by atoms with Crippen LogP contribution in [0.5, 0.6) is 0 Å². The Kier molecular flexibility index (Phi) is 2.58. The number of benzene rings is 1. The number of aromatic amines is 1. The number of fused-ring (bicyclic) bond motifs is 1. The van der Waals surface area contributed by atoms with Gasteiger partial charge in [0.25, 0.3) is 0 Å². The summed E-state index contributed by atoms with van der Waals surface area (Å²) in [4.78, 5) is 18.4. The summed E-state index contributed by atoms with van der Waals surface area (Å²) >= 11 is 0. The molecule has 0 saturated heterocycles. The normalized spacial score (nSPS) is 10.3. The molecule has 2 heterocycles. The van der Waals surface area contributed by atoms with Gasteiger partial charge < -0.3 is 4.98 Å². The van der Waals surface area contributed by atoms with Crippen LogP contribution in [-0.4, -0.2) is 9.97 Å². The molecule has 90 valence electrons. The Morgan fingerprint density at radius 3 is 2.58 bits per heavy atom. The van der Waals surface area contributed by atoms with Crippen LogP contribution >= 0.6 is 0 Å². The van der Waals surface area contributed by atoms with Crippen molar-refractivity contribution in [1.82, 2.24) is 9.97 Å². The summed E-state index contributed by atoms with van der Waals surface area (Å²) in [7, 11) is 0. The zero-order chi connectivity index (χ0) is 13.2. The van der Waals surface area contributed by atoms with Crippen molar-refractivity contribution < 1.29 is 0 Å². The average molecular weight is 247 g/mol. The lowest BCUT2D eigenvalue weighted by Gasteiger charge is -2.05. The number of nitrogens with one attached hydrogen (secondary N) is 1. The Morgan fingerprint density at radius 2 is 1.84 bits per heavy atom. The third-order valence-corrected chi connectivity index (χ3v) is 2.94. The molecule has 0 radical (unpaired) electrons. The second-order valence-electron chi connectivity index (χ2n) is 4.13. The topological polar surface area (TPSA) is 69.5 Å². The zero-order valence-electron chi connectivity index (χ0n) is 9.92.